The molecular formula is C13H17BrN2O3. The van der Waals surface area contributed by atoms with Crippen LogP contribution in [-0.2, 0) is 22.5 Å². The Bertz CT molecular complexity index is 465. The molecule has 0 spiro atoms. The number of halogens is 1. The van der Waals surface area contributed by atoms with Crippen LogP contribution in [0.5, 0.6) is 5.75 Å². The number of hydrogen-bond acceptors (Lipinski definition) is 4. The number of nitrogens with one attached hydrogen (secondary N) is 1. The summed E-state index contributed by atoms with van der Waals surface area (Å²) in [5, 5.41) is 3.25. The highest BCUT2D eigenvalue weighted by Crippen LogP contribution is 2.32. The summed E-state index contributed by atoms with van der Waals surface area (Å²) < 4.78 is 11.8. The lowest BCUT2D eigenvalue weighted by Gasteiger charge is -2.10. The van der Waals surface area contributed by atoms with Gasteiger partial charge in [0.2, 0.25) is 5.91 Å². The topological polar surface area (TPSA) is 73.6 Å². The fraction of sp³-hybridized carbons (Fsp3) is 0.462. The van der Waals surface area contributed by atoms with E-state index < -0.39 is 5.91 Å². The summed E-state index contributed by atoms with van der Waals surface area (Å²) >= 11 is 3.51. The van der Waals surface area contributed by atoms with Crippen LogP contribution in [0.25, 0.3) is 0 Å². The Labute approximate surface area is 120 Å². The van der Waals surface area contributed by atoms with Crippen LogP contribution >= 0.6 is 15.9 Å². The number of ether oxygens (including phenoxy) is 2. The minimum Gasteiger partial charge on any atom is -0.493 e. The lowest BCUT2D eigenvalue weighted by atomic mass is 10.1. The first-order chi connectivity index (χ1) is 9.16. The number of amides is 1. The van der Waals surface area contributed by atoms with Crippen molar-refractivity contribution in [2.24, 2.45) is 5.73 Å². The van der Waals surface area contributed by atoms with Gasteiger partial charge < -0.3 is 20.5 Å². The zero-order chi connectivity index (χ0) is 13.7. The SMILES string of the molecule is NC(=O)COCCNCc1cc(Br)cc2c1OCC2. The van der Waals surface area contributed by atoms with E-state index in [0.717, 1.165) is 28.8 Å². The van der Waals surface area contributed by atoms with Crippen LogP contribution in [0.1, 0.15) is 11.1 Å². The molecule has 0 fully saturated rings. The molecule has 1 aliphatic heterocycles. The zero-order valence-corrected chi connectivity index (χ0v) is 12.2. The maximum atomic E-state index is 10.5. The van der Waals surface area contributed by atoms with Crippen molar-refractivity contribution < 1.29 is 14.3 Å². The first-order valence-corrected chi connectivity index (χ1v) is 6.97. The third-order valence-corrected chi connectivity index (χ3v) is 3.27. The van der Waals surface area contributed by atoms with Crippen LogP contribution in [0.2, 0.25) is 0 Å². The maximum Gasteiger partial charge on any atom is 0.243 e. The molecule has 3 N–H and O–H groups in total. The first kappa shape index (κ1) is 14.3. The molecule has 1 aromatic rings. The molecule has 1 heterocycles. The molecule has 0 saturated heterocycles. The second kappa shape index (κ2) is 6.88. The third-order valence-electron chi connectivity index (χ3n) is 2.81. The van der Waals surface area contributed by atoms with Gasteiger partial charge in [-0.3, -0.25) is 4.79 Å². The Morgan fingerprint density at radius 1 is 1.53 bits per heavy atom. The number of rotatable bonds is 7. The van der Waals surface area contributed by atoms with Gasteiger partial charge in [-0.15, -0.1) is 0 Å². The van der Waals surface area contributed by atoms with Gasteiger partial charge in [-0.2, -0.15) is 0 Å². The zero-order valence-electron chi connectivity index (χ0n) is 10.6. The molecule has 6 heteroatoms. The van der Waals surface area contributed by atoms with Crippen molar-refractivity contribution in [3.8, 4) is 5.75 Å². The van der Waals surface area contributed by atoms with E-state index in [-0.39, 0.29) is 6.61 Å². The minimum absolute atomic E-state index is 0.0307. The smallest absolute Gasteiger partial charge is 0.243 e. The molecule has 0 aliphatic carbocycles. The molecule has 0 saturated carbocycles. The molecule has 2 rings (SSSR count). The monoisotopic (exact) mass is 328 g/mol. The third kappa shape index (κ3) is 4.19. The number of fused-ring (bicyclic) bond motifs is 1. The first-order valence-electron chi connectivity index (χ1n) is 6.17. The van der Waals surface area contributed by atoms with E-state index in [2.05, 4.69) is 33.4 Å². The molecule has 104 valence electrons. The standard InChI is InChI=1S/C13H17BrN2O3/c14-11-5-9-1-3-19-13(9)10(6-11)7-16-2-4-18-8-12(15)17/h5-6,16H,1-4,7-8H2,(H2,15,17). The molecule has 1 aliphatic rings. The summed E-state index contributed by atoms with van der Waals surface area (Å²) in [5.41, 5.74) is 7.35. The molecule has 0 aromatic heterocycles. The van der Waals surface area contributed by atoms with E-state index >= 15 is 0 Å². The van der Waals surface area contributed by atoms with Gasteiger partial charge in [0.25, 0.3) is 0 Å². The summed E-state index contributed by atoms with van der Waals surface area (Å²) in [6, 6.07) is 4.16. The van der Waals surface area contributed by atoms with Crippen molar-refractivity contribution in [1.82, 2.24) is 5.32 Å². The summed E-state index contributed by atoms with van der Waals surface area (Å²) in [6.45, 7) is 2.55. The van der Waals surface area contributed by atoms with Gasteiger partial charge in [-0.25, -0.2) is 0 Å². The molecule has 1 amide bonds. The van der Waals surface area contributed by atoms with Gasteiger partial charge in [0, 0.05) is 29.5 Å². The molecule has 5 nitrogen and oxygen atoms in total. The highest BCUT2D eigenvalue weighted by molar-refractivity contribution is 9.10. The number of nitrogens with two attached hydrogens (primary N) is 1. The number of hydrogen-bond donors (Lipinski definition) is 2. The minimum atomic E-state index is -0.446. The van der Waals surface area contributed by atoms with Gasteiger partial charge in [-0.1, -0.05) is 15.9 Å². The average Bonchev–Trinajstić information content (AvgIpc) is 2.80. The van der Waals surface area contributed by atoms with E-state index in [1.54, 1.807) is 0 Å². The number of primary amides is 1. The summed E-state index contributed by atoms with van der Waals surface area (Å²) in [4.78, 5) is 10.5. The predicted molar refractivity (Wildman–Crippen MR) is 75.1 cm³/mol. The van der Waals surface area contributed by atoms with Gasteiger partial charge in [0.15, 0.2) is 0 Å². The van der Waals surface area contributed by atoms with Crippen LogP contribution in [0.15, 0.2) is 16.6 Å². The quantitative estimate of drug-likeness (QED) is 0.732. The van der Waals surface area contributed by atoms with Crippen molar-refractivity contribution >= 4 is 21.8 Å². The van der Waals surface area contributed by atoms with Crippen molar-refractivity contribution in [3.63, 3.8) is 0 Å². The van der Waals surface area contributed by atoms with E-state index in [1.807, 2.05) is 0 Å². The Hall–Kier alpha value is -1.11. The molecule has 19 heavy (non-hydrogen) atoms. The number of carbonyl (C=O) groups is 1. The lowest BCUT2D eigenvalue weighted by molar-refractivity contribution is -0.122. The maximum absolute atomic E-state index is 10.5. The van der Waals surface area contributed by atoms with Crippen LogP contribution in [0.4, 0.5) is 0 Å². The van der Waals surface area contributed by atoms with E-state index in [1.165, 1.54) is 5.56 Å². The highest BCUT2D eigenvalue weighted by atomic mass is 79.9. The van der Waals surface area contributed by atoms with Crippen LogP contribution < -0.4 is 15.8 Å². The normalized spacial score (nSPS) is 13.1. The van der Waals surface area contributed by atoms with Crippen LogP contribution in [0, 0.1) is 0 Å². The molecule has 0 bridgehead atoms. The Balaban J connectivity index is 1.79. The molecule has 1 aromatic carbocycles. The van der Waals surface area contributed by atoms with Crippen molar-refractivity contribution in [2.45, 2.75) is 13.0 Å². The van der Waals surface area contributed by atoms with E-state index in [0.29, 0.717) is 19.7 Å². The van der Waals surface area contributed by atoms with Crippen molar-refractivity contribution in [1.29, 1.82) is 0 Å². The molecule has 0 unspecified atom stereocenters. The van der Waals surface area contributed by atoms with E-state index in [4.69, 9.17) is 15.2 Å². The Morgan fingerprint density at radius 2 is 2.37 bits per heavy atom. The second-order valence-corrected chi connectivity index (χ2v) is 5.26. The summed E-state index contributed by atoms with van der Waals surface area (Å²) in [5.74, 6) is 0.548. The highest BCUT2D eigenvalue weighted by Gasteiger charge is 2.16. The summed E-state index contributed by atoms with van der Waals surface area (Å²) in [7, 11) is 0. The van der Waals surface area contributed by atoms with Crippen LogP contribution in [0.3, 0.4) is 0 Å². The van der Waals surface area contributed by atoms with Gasteiger partial charge >= 0.3 is 0 Å². The van der Waals surface area contributed by atoms with Crippen molar-refractivity contribution in [2.75, 3.05) is 26.4 Å². The molecule has 0 atom stereocenters. The molecule has 0 radical (unpaired) electrons. The fourth-order valence-electron chi connectivity index (χ4n) is 2.02. The molecular weight excluding hydrogens is 312 g/mol. The number of carbonyl (C=O) groups excluding carboxylic acids is 1. The average molecular weight is 329 g/mol. The lowest BCUT2D eigenvalue weighted by Crippen LogP contribution is -2.23. The Kier molecular flexibility index (Phi) is 5.18. The van der Waals surface area contributed by atoms with Crippen LogP contribution in [-0.4, -0.2) is 32.3 Å². The summed E-state index contributed by atoms with van der Waals surface area (Å²) in [6.07, 6.45) is 0.962. The van der Waals surface area contributed by atoms with Crippen molar-refractivity contribution in [3.05, 3.63) is 27.7 Å². The fourth-order valence-corrected chi connectivity index (χ4v) is 2.57. The van der Waals surface area contributed by atoms with Gasteiger partial charge in [0.1, 0.15) is 12.4 Å². The number of benzene rings is 1. The van der Waals surface area contributed by atoms with E-state index in [9.17, 15) is 4.79 Å². The second-order valence-electron chi connectivity index (χ2n) is 4.35. The van der Waals surface area contributed by atoms with Gasteiger partial charge in [-0.05, 0) is 17.7 Å². The Morgan fingerprint density at radius 3 is 3.16 bits per heavy atom. The van der Waals surface area contributed by atoms with Gasteiger partial charge in [0.05, 0.1) is 13.2 Å². The largest absolute Gasteiger partial charge is 0.493 e. The predicted octanol–water partition coefficient (Wildman–Crippen LogP) is 0.975.